The minimum atomic E-state index is -1.09. The lowest BCUT2D eigenvalue weighted by Crippen LogP contribution is -2.13. The Morgan fingerprint density at radius 3 is 2.28 bits per heavy atom. The molecule has 0 bridgehead atoms. The highest BCUT2D eigenvalue weighted by atomic mass is 16.4. The number of carbonyl (C=O) groups is 2. The quantitative estimate of drug-likeness (QED) is 0.770. The van der Waals surface area contributed by atoms with E-state index in [1.54, 1.807) is 6.92 Å². The van der Waals surface area contributed by atoms with Gasteiger partial charge in [0.2, 0.25) is 0 Å². The third kappa shape index (κ3) is 4.10. The van der Waals surface area contributed by atoms with E-state index >= 15 is 0 Å². The highest BCUT2D eigenvalue weighted by Crippen LogP contribution is 2.29. The van der Waals surface area contributed by atoms with Gasteiger partial charge in [0.25, 0.3) is 5.91 Å². The summed E-state index contributed by atoms with van der Waals surface area (Å²) >= 11 is 0. The van der Waals surface area contributed by atoms with Crippen LogP contribution < -0.4 is 5.32 Å². The van der Waals surface area contributed by atoms with E-state index in [4.69, 9.17) is 4.42 Å². The highest BCUT2D eigenvalue weighted by Gasteiger charge is 2.21. The van der Waals surface area contributed by atoms with Crippen molar-refractivity contribution < 1.29 is 19.1 Å². The van der Waals surface area contributed by atoms with Crippen molar-refractivity contribution in [1.29, 1.82) is 0 Å². The Morgan fingerprint density at radius 2 is 1.80 bits per heavy atom. The van der Waals surface area contributed by atoms with E-state index in [-0.39, 0.29) is 17.2 Å². The molecule has 1 aromatic heterocycles. The summed E-state index contributed by atoms with van der Waals surface area (Å²) in [6, 6.07) is 7.28. The van der Waals surface area contributed by atoms with Crippen molar-refractivity contribution in [1.82, 2.24) is 0 Å². The first-order chi connectivity index (χ1) is 11.7. The van der Waals surface area contributed by atoms with Crippen LogP contribution in [0.3, 0.4) is 0 Å². The van der Waals surface area contributed by atoms with Gasteiger partial charge in [0.15, 0.2) is 5.76 Å². The molecular formula is C20H25NO4. The number of anilines is 1. The summed E-state index contributed by atoms with van der Waals surface area (Å²) in [7, 11) is 0. The number of amides is 1. The van der Waals surface area contributed by atoms with Crippen molar-refractivity contribution in [2.45, 2.75) is 52.9 Å². The van der Waals surface area contributed by atoms with Crippen LogP contribution in [0.1, 0.15) is 84.3 Å². The summed E-state index contributed by atoms with van der Waals surface area (Å²) in [5.74, 6) is -0.581. The second-order valence-corrected chi connectivity index (χ2v) is 6.72. The van der Waals surface area contributed by atoms with Crippen LogP contribution in [0.2, 0.25) is 0 Å². The zero-order chi connectivity index (χ0) is 18.7. The van der Waals surface area contributed by atoms with Gasteiger partial charge in [0.1, 0.15) is 11.3 Å². The van der Waals surface area contributed by atoms with Crippen molar-refractivity contribution >= 4 is 17.6 Å². The van der Waals surface area contributed by atoms with E-state index in [9.17, 15) is 14.7 Å². The van der Waals surface area contributed by atoms with E-state index in [0.29, 0.717) is 18.1 Å². The number of carboxylic acid groups (broad SMARTS) is 1. The molecule has 0 unspecified atom stereocenters. The van der Waals surface area contributed by atoms with Gasteiger partial charge >= 0.3 is 5.97 Å². The monoisotopic (exact) mass is 343 g/mol. The standard InChI is InChI=1S/C20H25NO4/c1-6-17-15(20(23)24)10-18(25-17)19(22)21-16-8-7-13(11(2)3)9-14(16)12(4)5/h7-12H,6H2,1-5H3,(H,21,22)(H,23,24). The van der Waals surface area contributed by atoms with Crippen LogP contribution in [-0.2, 0) is 6.42 Å². The number of aryl methyl sites for hydroxylation is 1. The Morgan fingerprint density at radius 1 is 1.12 bits per heavy atom. The molecule has 1 aromatic carbocycles. The van der Waals surface area contributed by atoms with Gasteiger partial charge in [-0.2, -0.15) is 0 Å². The number of carbonyl (C=O) groups excluding carboxylic acids is 1. The van der Waals surface area contributed by atoms with Crippen molar-refractivity contribution in [3.63, 3.8) is 0 Å². The van der Waals surface area contributed by atoms with E-state index in [2.05, 4.69) is 39.1 Å². The van der Waals surface area contributed by atoms with Crippen LogP contribution in [0.25, 0.3) is 0 Å². The fraction of sp³-hybridized carbons (Fsp3) is 0.400. The Labute approximate surface area is 148 Å². The maximum atomic E-state index is 12.5. The van der Waals surface area contributed by atoms with Gasteiger partial charge in [0, 0.05) is 18.2 Å². The summed E-state index contributed by atoms with van der Waals surface area (Å²) in [4.78, 5) is 23.7. The van der Waals surface area contributed by atoms with Crippen LogP contribution in [0.4, 0.5) is 5.69 Å². The van der Waals surface area contributed by atoms with Crippen LogP contribution in [0.5, 0.6) is 0 Å². The van der Waals surface area contributed by atoms with E-state index in [1.165, 1.54) is 11.6 Å². The number of rotatable bonds is 6. The molecule has 0 aliphatic carbocycles. The Balaban J connectivity index is 2.33. The number of carboxylic acids is 1. The molecule has 0 saturated heterocycles. The van der Waals surface area contributed by atoms with E-state index < -0.39 is 11.9 Å². The van der Waals surface area contributed by atoms with E-state index in [0.717, 1.165) is 11.3 Å². The summed E-state index contributed by atoms with van der Waals surface area (Å²) in [6.07, 6.45) is 0.412. The predicted octanol–water partition coefficient (Wildman–Crippen LogP) is 5.04. The lowest BCUT2D eigenvalue weighted by atomic mass is 9.94. The molecule has 2 aromatic rings. The SMILES string of the molecule is CCc1oc(C(=O)Nc2ccc(C(C)C)cc2C(C)C)cc1C(=O)O. The van der Waals surface area contributed by atoms with Crippen LogP contribution >= 0.6 is 0 Å². The fourth-order valence-corrected chi connectivity index (χ4v) is 2.70. The van der Waals surface area contributed by atoms with Crippen LogP contribution in [0.15, 0.2) is 28.7 Å². The molecule has 5 heteroatoms. The van der Waals surface area contributed by atoms with Crippen molar-refractivity contribution in [3.05, 3.63) is 52.5 Å². The smallest absolute Gasteiger partial charge is 0.339 e. The molecule has 1 heterocycles. The molecule has 0 atom stereocenters. The van der Waals surface area contributed by atoms with Crippen LogP contribution in [0, 0.1) is 0 Å². The summed E-state index contributed by atoms with van der Waals surface area (Å²) < 4.78 is 5.43. The topological polar surface area (TPSA) is 79.5 Å². The molecule has 5 nitrogen and oxygen atoms in total. The minimum Gasteiger partial charge on any atom is -0.478 e. The predicted molar refractivity (Wildman–Crippen MR) is 97.6 cm³/mol. The second-order valence-electron chi connectivity index (χ2n) is 6.72. The number of hydrogen-bond acceptors (Lipinski definition) is 3. The lowest BCUT2D eigenvalue weighted by molar-refractivity contribution is 0.0694. The van der Waals surface area contributed by atoms with Gasteiger partial charge in [-0.05, 0) is 29.0 Å². The highest BCUT2D eigenvalue weighted by molar-refractivity contribution is 6.04. The molecule has 0 aliphatic rings. The summed E-state index contributed by atoms with van der Waals surface area (Å²) in [5, 5.41) is 12.0. The van der Waals surface area contributed by atoms with Gasteiger partial charge in [-0.25, -0.2) is 4.79 Å². The molecule has 134 valence electrons. The summed E-state index contributed by atoms with van der Waals surface area (Å²) in [6.45, 7) is 10.2. The molecule has 25 heavy (non-hydrogen) atoms. The number of aromatic carboxylic acids is 1. The normalized spacial score (nSPS) is 11.2. The average molecular weight is 343 g/mol. The average Bonchev–Trinajstić information content (AvgIpc) is 2.99. The molecule has 0 radical (unpaired) electrons. The van der Waals surface area contributed by atoms with E-state index in [1.807, 2.05) is 12.1 Å². The number of benzene rings is 1. The molecule has 2 rings (SSSR count). The zero-order valence-electron chi connectivity index (χ0n) is 15.3. The molecule has 0 spiro atoms. The van der Waals surface area contributed by atoms with Crippen molar-refractivity contribution in [3.8, 4) is 0 Å². The first kappa shape index (κ1) is 18.8. The molecule has 0 saturated carbocycles. The Bertz CT molecular complexity index is 787. The second kappa shape index (κ2) is 7.55. The lowest BCUT2D eigenvalue weighted by Gasteiger charge is -2.16. The van der Waals surface area contributed by atoms with Gasteiger partial charge in [-0.15, -0.1) is 0 Å². The maximum Gasteiger partial charge on any atom is 0.339 e. The largest absolute Gasteiger partial charge is 0.478 e. The van der Waals surface area contributed by atoms with Crippen LogP contribution in [-0.4, -0.2) is 17.0 Å². The fourth-order valence-electron chi connectivity index (χ4n) is 2.70. The van der Waals surface area contributed by atoms with Crippen molar-refractivity contribution in [2.75, 3.05) is 5.32 Å². The maximum absolute atomic E-state index is 12.5. The molecule has 0 fully saturated rings. The summed E-state index contributed by atoms with van der Waals surface area (Å²) in [5.41, 5.74) is 3.00. The Kier molecular flexibility index (Phi) is 5.67. The molecular weight excluding hydrogens is 318 g/mol. The zero-order valence-corrected chi connectivity index (χ0v) is 15.3. The number of nitrogens with one attached hydrogen (secondary N) is 1. The Hall–Kier alpha value is -2.56. The first-order valence-electron chi connectivity index (χ1n) is 8.55. The van der Waals surface area contributed by atoms with Gasteiger partial charge < -0.3 is 14.8 Å². The minimum absolute atomic E-state index is 0.0110. The van der Waals surface area contributed by atoms with Crippen molar-refractivity contribution in [2.24, 2.45) is 0 Å². The first-order valence-corrected chi connectivity index (χ1v) is 8.55. The number of hydrogen-bond donors (Lipinski definition) is 2. The van der Waals surface area contributed by atoms with Gasteiger partial charge in [-0.1, -0.05) is 46.8 Å². The molecule has 2 N–H and O–H groups in total. The third-order valence-corrected chi connectivity index (χ3v) is 4.20. The number of furan rings is 1. The van der Waals surface area contributed by atoms with Gasteiger partial charge in [0.05, 0.1) is 0 Å². The third-order valence-electron chi connectivity index (χ3n) is 4.20. The molecule has 1 amide bonds. The van der Waals surface area contributed by atoms with Gasteiger partial charge in [-0.3, -0.25) is 4.79 Å². The molecule has 0 aliphatic heterocycles.